The number of piperidine rings is 1. The summed E-state index contributed by atoms with van der Waals surface area (Å²) in [4.78, 5) is 50.6. The van der Waals surface area contributed by atoms with Gasteiger partial charge in [-0.05, 0) is 31.9 Å². The monoisotopic (exact) mass is 364 g/mol. The number of rotatable bonds is 8. The second kappa shape index (κ2) is 8.89. The van der Waals surface area contributed by atoms with Crippen molar-refractivity contribution in [2.24, 2.45) is 11.7 Å². The Labute approximate surface area is 151 Å². The van der Waals surface area contributed by atoms with Gasteiger partial charge in [-0.15, -0.1) is 11.3 Å². The maximum Gasteiger partial charge on any atom is 0.223 e. The van der Waals surface area contributed by atoms with Gasteiger partial charge in [-0.3, -0.25) is 19.2 Å². The first-order valence-corrected chi connectivity index (χ1v) is 9.37. The van der Waals surface area contributed by atoms with Crippen molar-refractivity contribution in [3.05, 3.63) is 21.9 Å². The summed E-state index contributed by atoms with van der Waals surface area (Å²) in [5.74, 6) is -0.629. The zero-order chi connectivity index (χ0) is 18.4. The number of nitrogens with two attached hydrogens (primary N) is 1. The van der Waals surface area contributed by atoms with Crippen molar-refractivity contribution < 1.29 is 19.2 Å². The molecule has 1 saturated heterocycles. The second-order valence-corrected chi connectivity index (χ2v) is 7.72. The first kappa shape index (κ1) is 19.3. The Hall–Kier alpha value is -2.02. The molecule has 2 amide bonds. The number of aryl methyl sites for hydroxylation is 1. The molecule has 0 unspecified atom stereocenters. The van der Waals surface area contributed by atoms with Crippen molar-refractivity contribution in [3.8, 4) is 0 Å². The van der Waals surface area contributed by atoms with Gasteiger partial charge in [0.05, 0.1) is 4.88 Å². The quantitative estimate of drug-likeness (QED) is 0.714. The van der Waals surface area contributed by atoms with Crippen LogP contribution in [0.25, 0.3) is 0 Å². The number of hydrogen-bond donors (Lipinski definition) is 1. The van der Waals surface area contributed by atoms with Crippen LogP contribution in [0, 0.1) is 12.8 Å². The van der Waals surface area contributed by atoms with Crippen molar-refractivity contribution in [2.75, 3.05) is 13.1 Å². The summed E-state index contributed by atoms with van der Waals surface area (Å²) in [5.41, 5.74) is 5.27. The third-order valence-electron chi connectivity index (χ3n) is 4.51. The van der Waals surface area contributed by atoms with Crippen molar-refractivity contribution in [1.82, 2.24) is 4.90 Å². The number of ketones is 2. The van der Waals surface area contributed by atoms with Gasteiger partial charge in [0.1, 0.15) is 5.78 Å². The van der Waals surface area contributed by atoms with Gasteiger partial charge in [-0.25, -0.2) is 0 Å². The third-order valence-corrected chi connectivity index (χ3v) is 5.56. The van der Waals surface area contributed by atoms with E-state index in [1.165, 1.54) is 11.3 Å². The summed E-state index contributed by atoms with van der Waals surface area (Å²) < 4.78 is 0. The van der Waals surface area contributed by atoms with E-state index in [4.69, 9.17) is 5.73 Å². The fraction of sp³-hybridized carbons (Fsp3) is 0.556. The van der Waals surface area contributed by atoms with E-state index in [1.54, 1.807) is 11.0 Å². The van der Waals surface area contributed by atoms with Gasteiger partial charge in [-0.2, -0.15) is 0 Å². The Morgan fingerprint density at radius 2 is 1.72 bits per heavy atom. The summed E-state index contributed by atoms with van der Waals surface area (Å²) in [6, 6.07) is 3.67. The maximum absolute atomic E-state index is 12.1. The number of nitrogens with zero attached hydrogens (tertiary/aromatic N) is 1. The highest BCUT2D eigenvalue weighted by Gasteiger charge is 2.25. The van der Waals surface area contributed by atoms with Crippen molar-refractivity contribution >= 4 is 34.7 Å². The zero-order valence-electron chi connectivity index (χ0n) is 14.5. The highest BCUT2D eigenvalue weighted by molar-refractivity contribution is 7.14. The molecule has 136 valence electrons. The summed E-state index contributed by atoms with van der Waals surface area (Å²) in [5, 5.41) is 0. The largest absolute Gasteiger partial charge is 0.369 e. The van der Waals surface area contributed by atoms with E-state index in [-0.39, 0.29) is 55.0 Å². The summed E-state index contributed by atoms with van der Waals surface area (Å²) in [7, 11) is 0. The summed E-state index contributed by atoms with van der Waals surface area (Å²) in [6.07, 6.45) is 1.86. The third kappa shape index (κ3) is 5.77. The molecule has 0 radical (unpaired) electrons. The number of primary amides is 1. The summed E-state index contributed by atoms with van der Waals surface area (Å²) in [6.45, 7) is 2.96. The van der Waals surface area contributed by atoms with Crippen LogP contribution < -0.4 is 5.73 Å². The standard InChI is InChI=1S/C18H24N2O4S/c1-12-2-6-16(25-12)15(22)5-3-14(21)4-7-17(23)20-10-8-13(9-11-20)18(19)24/h2,6,13H,3-5,7-11H2,1H3,(H2,19,24). The number of Topliss-reactive ketones (excluding diaryl/α,β-unsaturated/α-hetero) is 2. The van der Waals surface area contributed by atoms with Gasteiger partial charge in [0, 0.05) is 49.6 Å². The normalized spacial score (nSPS) is 15.2. The van der Waals surface area contributed by atoms with Crippen LogP contribution in [-0.4, -0.2) is 41.4 Å². The van der Waals surface area contributed by atoms with Crippen LogP contribution in [-0.2, 0) is 14.4 Å². The molecule has 1 aromatic heterocycles. The lowest BCUT2D eigenvalue weighted by molar-refractivity contribution is -0.136. The van der Waals surface area contributed by atoms with Crippen LogP contribution in [0.3, 0.4) is 0 Å². The average molecular weight is 364 g/mol. The second-order valence-electron chi connectivity index (χ2n) is 6.43. The van der Waals surface area contributed by atoms with E-state index >= 15 is 0 Å². The van der Waals surface area contributed by atoms with E-state index < -0.39 is 0 Å². The molecular weight excluding hydrogens is 340 g/mol. The molecule has 0 saturated carbocycles. The molecule has 0 bridgehead atoms. The van der Waals surface area contributed by atoms with E-state index in [1.807, 2.05) is 13.0 Å². The molecule has 2 N–H and O–H groups in total. The molecule has 2 rings (SSSR count). The van der Waals surface area contributed by atoms with Crippen LogP contribution in [0.4, 0.5) is 0 Å². The molecule has 0 atom stereocenters. The van der Waals surface area contributed by atoms with Crippen LogP contribution in [0.1, 0.15) is 53.1 Å². The molecule has 1 aromatic rings. The number of likely N-dealkylation sites (tertiary alicyclic amines) is 1. The number of amides is 2. The molecule has 0 spiro atoms. The molecule has 1 fully saturated rings. The van der Waals surface area contributed by atoms with Gasteiger partial charge in [0.2, 0.25) is 11.8 Å². The fourth-order valence-electron chi connectivity index (χ4n) is 2.90. The molecule has 7 heteroatoms. The predicted molar refractivity (Wildman–Crippen MR) is 95.4 cm³/mol. The SMILES string of the molecule is Cc1ccc(C(=O)CCC(=O)CCC(=O)N2CCC(C(N)=O)CC2)s1. The molecule has 0 aliphatic carbocycles. The molecular formula is C18H24N2O4S. The predicted octanol–water partition coefficient (Wildman–Crippen LogP) is 2.09. The Bertz CT molecular complexity index is 660. The summed E-state index contributed by atoms with van der Waals surface area (Å²) >= 11 is 1.43. The number of carbonyl (C=O) groups excluding carboxylic acids is 4. The molecule has 6 nitrogen and oxygen atoms in total. The average Bonchev–Trinajstić information content (AvgIpc) is 3.04. The van der Waals surface area contributed by atoms with E-state index in [0.717, 1.165) is 4.88 Å². The minimum absolute atomic E-state index is 0.0219. The molecule has 1 aliphatic heterocycles. The lowest BCUT2D eigenvalue weighted by atomic mass is 9.96. The zero-order valence-corrected chi connectivity index (χ0v) is 15.3. The van der Waals surface area contributed by atoms with Gasteiger partial charge in [-0.1, -0.05) is 0 Å². The topological polar surface area (TPSA) is 97.5 Å². The van der Waals surface area contributed by atoms with Crippen LogP contribution in [0.5, 0.6) is 0 Å². The number of thiophene rings is 1. The Kier molecular flexibility index (Phi) is 6.87. The first-order valence-electron chi connectivity index (χ1n) is 8.55. The van der Waals surface area contributed by atoms with E-state index in [9.17, 15) is 19.2 Å². The van der Waals surface area contributed by atoms with Crippen LogP contribution in [0.15, 0.2) is 12.1 Å². The molecule has 2 heterocycles. The Morgan fingerprint density at radius 1 is 1.08 bits per heavy atom. The maximum atomic E-state index is 12.1. The number of carbonyl (C=O) groups is 4. The highest BCUT2D eigenvalue weighted by Crippen LogP contribution is 2.19. The lowest BCUT2D eigenvalue weighted by Crippen LogP contribution is -2.41. The van der Waals surface area contributed by atoms with E-state index in [0.29, 0.717) is 30.8 Å². The first-order chi connectivity index (χ1) is 11.9. The molecule has 1 aliphatic rings. The minimum Gasteiger partial charge on any atom is -0.369 e. The Balaban J connectivity index is 1.67. The van der Waals surface area contributed by atoms with Crippen molar-refractivity contribution in [2.45, 2.75) is 45.4 Å². The van der Waals surface area contributed by atoms with Gasteiger partial charge in [0.15, 0.2) is 5.78 Å². The van der Waals surface area contributed by atoms with E-state index in [2.05, 4.69) is 0 Å². The van der Waals surface area contributed by atoms with Crippen molar-refractivity contribution in [1.29, 1.82) is 0 Å². The van der Waals surface area contributed by atoms with Crippen LogP contribution in [0.2, 0.25) is 0 Å². The van der Waals surface area contributed by atoms with Gasteiger partial charge in [0.25, 0.3) is 0 Å². The van der Waals surface area contributed by atoms with Gasteiger partial charge >= 0.3 is 0 Å². The van der Waals surface area contributed by atoms with Crippen molar-refractivity contribution in [3.63, 3.8) is 0 Å². The smallest absolute Gasteiger partial charge is 0.223 e. The highest BCUT2D eigenvalue weighted by atomic mass is 32.1. The lowest BCUT2D eigenvalue weighted by Gasteiger charge is -2.30. The minimum atomic E-state index is -0.312. The van der Waals surface area contributed by atoms with Gasteiger partial charge < -0.3 is 10.6 Å². The fourth-order valence-corrected chi connectivity index (χ4v) is 3.74. The van der Waals surface area contributed by atoms with Crippen LogP contribution >= 0.6 is 11.3 Å². The molecule has 25 heavy (non-hydrogen) atoms. The molecule has 0 aromatic carbocycles. The number of hydrogen-bond acceptors (Lipinski definition) is 5. The Morgan fingerprint density at radius 3 is 2.28 bits per heavy atom.